The highest BCUT2D eigenvalue weighted by molar-refractivity contribution is 7.22. The molecule has 1 aromatic carbocycles. The maximum absolute atomic E-state index is 12.5. The number of nitrogens with one attached hydrogen (secondary N) is 1. The van der Waals surface area contributed by atoms with Gasteiger partial charge >= 0.3 is 0 Å². The first-order chi connectivity index (χ1) is 11.1. The number of aryl methyl sites for hydroxylation is 2. The van der Waals surface area contributed by atoms with Crippen molar-refractivity contribution < 1.29 is 9.53 Å². The van der Waals surface area contributed by atoms with Gasteiger partial charge in [0.1, 0.15) is 17.0 Å². The monoisotopic (exact) mass is 330 g/mol. The molecule has 1 amide bonds. The molecule has 23 heavy (non-hydrogen) atoms. The Balaban J connectivity index is 1.89. The number of amides is 1. The van der Waals surface area contributed by atoms with Gasteiger partial charge in [-0.1, -0.05) is 17.4 Å². The zero-order valence-electron chi connectivity index (χ0n) is 13.3. The van der Waals surface area contributed by atoms with Crippen LogP contribution in [0.5, 0.6) is 5.75 Å². The van der Waals surface area contributed by atoms with Gasteiger partial charge in [-0.05, 0) is 39.0 Å². The first-order valence-electron chi connectivity index (χ1n) is 7.50. The van der Waals surface area contributed by atoms with Gasteiger partial charge in [-0.3, -0.25) is 14.8 Å². The molecule has 0 atom stereocenters. The lowest BCUT2D eigenvalue weighted by Gasteiger charge is -2.03. The van der Waals surface area contributed by atoms with Crippen molar-refractivity contribution in [2.75, 3.05) is 11.9 Å². The van der Waals surface area contributed by atoms with E-state index in [1.807, 2.05) is 39.0 Å². The SMILES string of the molecule is CCOc1cccc2sc(NC(=O)c3cc(C)nn3CC)nc12. The molecule has 3 aromatic rings. The quantitative estimate of drug-likeness (QED) is 0.778. The van der Waals surface area contributed by atoms with Crippen molar-refractivity contribution in [1.29, 1.82) is 0 Å². The van der Waals surface area contributed by atoms with Crippen molar-refractivity contribution in [3.63, 3.8) is 0 Å². The lowest BCUT2D eigenvalue weighted by Crippen LogP contribution is -2.17. The zero-order valence-corrected chi connectivity index (χ0v) is 14.1. The molecular weight excluding hydrogens is 312 g/mol. The number of hydrogen-bond donors (Lipinski definition) is 1. The van der Waals surface area contributed by atoms with Crippen LogP contribution in [0.4, 0.5) is 5.13 Å². The maximum atomic E-state index is 12.5. The Morgan fingerprint density at radius 3 is 2.96 bits per heavy atom. The van der Waals surface area contributed by atoms with Crippen molar-refractivity contribution in [3.05, 3.63) is 35.7 Å². The Bertz CT molecular complexity index is 853. The van der Waals surface area contributed by atoms with Crippen molar-refractivity contribution >= 4 is 32.6 Å². The Labute approximate surface area is 138 Å². The van der Waals surface area contributed by atoms with E-state index in [1.54, 1.807) is 10.7 Å². The second kappa shape index (κ2) is 6.37. The summed E-state index contributed by atoms with van der Waals surface area (Å²) in [5.41, 5.74) is 2.13. The summed E-state index contributed by atoms with van der Waals surface area (Å²) in [5.74, 6) is 0.528. The fraction of sp³-hybridized carbons (Fsp3) is 0.312. The Kier molecular flexibility index (Phi) is 4.29. The zero-order chi connectivity index (χ0) is 16.4. The average molecular weight is 330 g/mol. The lowest BCUT2D eigenvalue weighted by atomic mass is 10.3. The molecule has 0 bridgehead atoms. The highest BCUT2D eigenvalue weighted by atomic mass is 32.1. The van der Waals surface area contributed by atoms with Crippen LogP contribution < -0.4 is 10.1 Å². The van der Waals surface area contributed by atoms with Gasteiger partial charge in [0.15, 0.2) is 5.13 Å². The average Bonchev–Trinajstić information content (AvgIpc) is 3.10. The van der Waals surface area contributed by atoms with E-state index in [9.17, 15) is 4.79 Å². The summed E-state index contributed by atoms with van der Waals surface area (Å²) in [4.78, 5) is 16.9. The molecule has 6 nitrogen and oxygen atoms in total. The number of rotatable bonds is 5. The molecule has 0 aliphatic carbocycles. The Hall–Kier alpha value is -2.41. The number of benzene rings is 1. The number of carbonyl (C=O) groups is 1. The van der Waals surface area contributed by atoms with Gasteiger partial charge < -0.3 is 4.74 Å². The number of thiazole rings is 1. The van der Waals surface area contributed by atoms with Crippen LogP contribution in [0.1, 0.15) is 30.0 Å². The van der Waals surface area contributed by atoms with E-state index in [1.165, 1.54) is 11.3 Å². The predicted octanol–water partition coefficient (Wildman–Crippen LogP) is 3.47. The number of aromatic nitrogens is 3. The van der Waals surface area contributed by atoms with Gasteiger partial charge in [0, 0.05) is 6.54 Å². The van der Waals surface area contributed by atoms with Crippen LogP contribution in [0.25, 0.3) is 10.2 Å². The summed E-state index contributed by atoms with van der Waals surface area (Å²) in [6, 6.07) is 7.54. The number of nitrogens with zero attached hydrogens (tertiary/aromatic N) is 3. The number of carbonyl (C=O) groups excluding carboxylic acids is 1. The summed E-state index contributed by atoms with van der Waals surface area (Å²) in [5, 5.41) is 7.70. The Morgan fingerprint density at radius 1 is 1.39 bits per heavy atom. The lowest BCUT2D eigenvalue weighted by molar-refractivity contribution is 0.101. The predicted molar refractivity (Wildman–Crippen MR) is 91.4 cm³/mol. The van der Waals surface area contributed by atoms with Gasteiger partial charge in [-0.25, -0.2) is 4.98 Å². The van der Waals surface area contributed by atoms with Crippen LogP contribution in [0.3, 0.4) is 0 Å². The van der Waals surface area contributed by atoms with Crippen molar-refractivity contribution in [3.8, 4) is 5.75 Å². The van der Waals surface area contributed by atoms with E-state index in [0.29, 0.717) is 24.0 Å². The Morgan fingerprint density at radius 2 is 2.22 bits per heavy atom. The van der Waals surface area contributed by atoms with E-state index in [0.717, 1.165) is 21.7 Å². The minimum Gasteiger partial charge on any atom is -0.492 e. The van der Waals surface area contributed by atoms with Crippen molar-refractivity contribution in [2.45, 2.75) is 27.3 Å². The molecule has 0 aliphatic rings. The van der Waals surface area contributed by atoms with E-state index >= 15 is 0 Å². The molecule has 2 heterocycles. The van der Waals surface area contributed by atoms with E-state index in [2.05, 4.69) is 15.4 Å². The topological polar surface area (TPSA) is 69.0 Å². The number of ether oxygens (including phenoxy) is 1. The molecule has 0 saturated carbocycles. The van der Waals surface area contributed by atoms with Crippen LogP contribution in [0.15, 0.2) is 24.3 Å². The molecule has 120 valence electrons. The fourth-order valence-corrected chi connectivity index (χ4v) is 3.26. The first kappa shape index (κ1) is 15.5. The normalized spacial score (nSPS) is 10.9. The summed E-state index contributed by atoms with van der Waals surface area (Å²) in [7, 11) is 0. The second-order valence-corrected chi connectivity index (χ2v) is 6.03. The third-order valence-electron chi connectivity index (χ3n) is 3.34. The van der Waals surface area contributed by atoms with Gasteiger partial charge in [-0.2, -0.15) is 5.10 Å². The number of fused-ring (bicyclic) bond motifs is 1. The van der Waals surface area contributed by atoms with Crippen LogP contribution >= 0.6 is 11.3 Å². The minimum absolute atomic E-state index is 0.204. The van der Waals surface area contributed by atoms with Crippen LogP contribution in [-0.2, 0) is 6.54 Å². The van der Waals surface area contributed by atoms with Crippen LogP contribution in [-0.4, -0.2) is 27.3 Å². The summed E-state index contributed by atoms with van der Waals surface area (Å²) >= 11 is 1.43. The summed E-state index contributed by atoms with van der Waals surface area (Å²) < 4.78 is 8.24. The molecular formula is C16H18N4O2S. The van der Waals surface area contributed by atoms with Gasteiger partial charge in [-0.15, -0.1) is 0 Å². The number of anilines is 1. The second-order valence-electron chi connectivity index (χ2n) is 5.00. The number of para-hydroxylation sites is 1. The van der Waals surface area contributed by atoms with Crippen molar-refractivity contribution in [1.82, 2.24) is 14.8 Å². The van der Waals surface area contributed by atoms with Gasteiger partial charge in [0.25, 0.3) is 5.91 Å². The van der Waals surface area contributed by atoms with E-state index in [-0.39, 0.29) is 5.91 Å². The molecule has 0 fully saturated rings. The summed E-state index contributed by atoms with van der Waals surface area (Å²) in [6.45, 7) is 6.98. The number of hydrogen-bond acceptors (Lipinski definition) is 5. The molecule has 0 spiro atoms. The molecule has 0 unspecified atom stereocenters. The standard InChI is InChI=1S/C16H18N4O2S/c1-4-20-11(9-10(3)19-20)15(21)18-16-17-14-12(22-5-2)7-6-8-13(14)23-16/h6-9H,4-5H2,1-3H3,(H,17,18,21). The molecule has 0 radical (unpaired) electrons. The molecule has 0 aliphatic heterocycles. The van der Waals surface area contributed by atoms with E-state index < -0.39 is 0 Å². The third kappa shape index (κ3) is 3.05. The van der Waals surface area contributed by atoms with Gasteiger partial charge in [0.2, 0.25) is 0 Å². The first-order valence-corrected chi connectivity index (χ1v) is 8.32. The van der Waals surface area contributed by atoms with Crippen LogP contribution in [0.2, 0.25) is 0 Å². The maximum Gasteiger partial charge on any atom is 0.275 e. The highest BCUT2D eigenvalue weighted by Crippen LogP contribution is 2.32. The van der Waals surface area contributed by atoms with Crippen LogP contribution in [0, 0.1) is 6.92 Å². The molecule has 3 rings (SSSR count). The third-order valence-corrected chi connectivity index (χ3v) is 4.27. The van der Waals surface area contributed by atoms with Crippen molar-refractivity contribution in [2.24, 2.45) is 0 Å². The molecule has 2 aromatic heterocycles. The minimum atomic E-state index is -0.204. The molecule has 7 heteroatoms. The smallest absolute Gasteiger partial charge is 0.275 e. The molecule has 1 N–H and O–H groups in total. The molecule has 0 saturated heterocycles. The van der Waals surface area contributed by atoms with E-state index in [4.69, 9.17) is 4.74 Å². The fourth-order valence-electron chi connectivity index (χ4n) is 2.38. The van der Waals surface area contributed by atoms with Gasteiger partial charge in [0.05, 0.1) is 17.0 Å². The summed E-state index contributed by atoms with van der Waals surface area (Å²) in [6.07, 6.45) is 0. The highest BCUT2D eigenvalue weighted by Gasteiger charge is 2.16. The largest absolute Gasteiger partial charge is 0.492 e.